The van der Waals surface area contributed by atoms with E-state index in [2.05, 4.69) is 9.46 Å². The van der Waals surface area contributed by atoms with Crippen molar-refractivity contribution in [2.24, 2.45) is 0 Å². The third-order valence-corrected chi connectivity index (χ3v) is 3.70. The van der Waals surface area contributed by atoms with Gasteiger partial charge in [0.25, 0.3) is 0 Å². The molecule has 0 atom stereocenters. The van der Waals surface area contributed by atoms with Gasteiger partial charge in [0.15, 0.2) is 0 Å². The SMILES string of the molecule is C/C=C/CCNS(=O)(=O)c1ccccc1OC(F)(F)F. The fourth-order valence-electron chi connectivity index (χ4n) is 1.40. The van der Waals surface area contributed by atoms with E-state index in [1.54, 1.807) is 19.1 Å². The van der Waals surface area contributed by atoms with Crippen molar-refractivity contribution >= 4 is 10.0 Å². The summed E-state index contributed by atoms with van der Waals surface area (Å²) in [4.78, 5) is -0.544. The van der Waals surface area contributed by atoms with Gasteiger partial charge in [-0.25, -0.2) is 13.1 Å². The van der Waals surface area contributed by atoms with Crippen molar-refractivity contribution in [2.45, 2.75) is 24.6 Å². The Balaban J connectivity index is 2.94. The number of benzene rings is 1. The van der Waals surface area contributed by atoms with Crippen molar-refractivity contribution < 1.29 is 26.3 Å². The number of hydrogen-bond acceptors (Lipinski definition) is 3. The Morgan fingerprint density at radius 2 is 1.95 bits per heavy atom. The molecule has 0 aliphatic rings. The zero-order valence-corrected chi connectivity index (χ0v) is 11.5. The number of nitrogens with one attached hydrogen (secondary N) is 1. The quantitative estimate of drug-likeness (QED) is 0.649. The number of sulfonamides is 1. The van der Waals surface area contributed by atoms with Gasteiger partial charge in [0.05, 0.1) is 0 Å². The first-order chi connectivity index (χ1) is 9.26. The van der Waals surface area contributed by atoms with Gasteiger partial charge in [-0.2, -0.15) is 0 Å². The summed E-state index contributed by atoms with van der Waals surface area (Å²) in [7, 11) is -4.05. The molecule has 0 saturated heterocycles. The smallest absolute Gasteiger partial charge is 0.404 e. The van der Waals surface area contributed by atoms with Crippen LogP contribution >= 0.6 is 0 Å². The zero-order valence-electron chi connectivity index (χ0n) is 10.6. The van der Waals surface area contributed by atoms with E-state index in [4.69, 9.17) is 0 Å². The summed E-state index contributed by atoms with van der Waals surface area (Å²) in [5, 5.41) is 0. The van der Waals surface area contributed by atoms with Crippen molar-refractivity contribution in [3.05, 3.63) is 36.4 Å². The van der Waals surface area contributed by atoms with Crippen molar-refractivity contribution in [1.82, 2.24) is 4.72 Å². The Hall–Kier alpha value is -1.54. The molecule has 0 aliphatic heterocycles. The summed E-state index contributed by atoms with van der Waals surface area (Å²) in [6.45, 7) is 1.87. The lowest BCUT2D eigenvalue weighted by atomic mass is 10.3. The molecule has 0 saturated carbocycles. The lowest BCUT2D eigenvalue weighted by Gasteiger charge is -2.13. The lowest BCUT2D eigenvalue weighted by molar-refractivity contribution is -0.275. The number of ether oxygens (including phenoxy) is 1. The van der Waals surface area contributed by atoms with Crippen LogP contribution in [0, 0.1) is 0 Å². The highest BCUT2D eigenvalue weighted by molar-refractivity contribution is 7.89. The third kappa shape index (κ3) is 5.22. The Morgan fingerprint density at radius 1 is 1.30 bits per heavy atom. The van der Waals surface area contributed by atoms with Gasteiger partial charge in [-0.1, -0.05) is 24.3 Å². The first-order valence-electron chi connectivity index (χ1n) is 5.72. The second-order valence-corrected chi connectivity index (χ2v) is 5.49. The van der Waals surface area contributed by atoms with Crippen LogP contribution in [0.2, 0.25) is 0 Å². The molecule has 0 bridgehead atoms. The molecule has 0 radical (unpaired) electrons. The Bertz CT molecular complexity index is 568. The van der Waals surface area contributed by atoms with Gasteiger partial charge < -0.3 is 4.74 Å². The molecule has 20 heavy (non-hydrogen) atoms. The van der Waals surface area contributed by atoms with Gasteiger partial charge in [-0.05, 0) is 25.5 Å². The van der Waals surface area contributed by atoms with Crippen LogP contribution < -0.4 is 9.46 Å². The van der Waals surface area contributed by atoms with E-state index in [1.807, 2.05) is 0 Å². The molecule has 1 aromatic carbocycles. The van der Waals surface area contributed by atoms with Crippen LogP contribution in [0.25, 0.3) is 0 Å². The molecule has 0 spiro atoms. The van der Waals surface area contributed by atoms with Crippen LogP contribution in [-0.4, -0.2) is 21.3 Å². The summed E-state index contributed by atoms with van der Waals surface area (Å²) in [5.74, 6) is -0.751. The molecule has 4 nitrogen and oxygen atoms in total. The maximum absolute atomic E-state index is 12.2. The summed E-state index contributed by atoms with van der Waals surface area (Å²) >= 11 is 0. The Morgan fingerprint density at radius 3 is 2.55 bits per heavy atom. The first kappa shape index (κ1) is 16.5. The Labute approximate surface area is 115 Å². The van der Waals surface area contributed by atoms with Crippen LogP contribution in [-0.2, 0) is 10.0 Å². The average Bonchev–Trinajstić information content (AvgIpc) is 2.33. The van der Waals surface area contributed by atoms with Crippen molar-refractivity contribution in [2.75, 3.05) is 6.54 Å². The van der Waals surface area contributed by atoms with Crippen LogP contribution in [0.5, 0.6) is 5.75 Å². The van der Waals surface area contributed by atoms with Gasteiger partial charge >= 0.3 is 6.36 Å². The fraction of sp³-hybridized carbons (Fsp3) is 0.333. The monoisotopic (exact) mass is 309 g/mol. The second kappa shape index (κ2) is 6.76. The third-order valence-electron chi connectivity index (χ3n) is 2.20. The van der Waals surface area contributed by atoms with E-state index >= 15 is 0 Å². The van der Waals surface area contributed by atoms with E-state index in [9.17, 15) is 21.6 Å². The van der Waals surface area contributed by atoms with Crippen molar-refractivity contribution in [3.63, 3.8) is 0 Å². The van der Waals surface area contributed by atoms with Crippen molar-refractivity contribution in [3.8, 4) is 5.75 Å². The molecule has 0 unspecified atom stereocenters. The highest BCUT2D eigenvalue weighted by Crippen LogP contribution is 2.29. The van der Waals surface area contributed by atoms with Gasteiger partial charge in [-0.3, -0.25) is 0 Å². The zero-order chi connectivity index (χ0) is 15.2. The topological polar surface area (TPSA) is 55.4 Å². The summed E-state index contributed by atoms with van der Waals surface area (Å²) in [6, 6.07) is 4.59. The molecule has 112 valence electrons. The molecule has 0 aliphatic carbocycles. The summed E-state index contributed by atoms with van der Waals surface area (Å²) in [5.41, 5.74) is 0. The number of allylic oxidation sites excluding steroid dienone is 1. The van der Waals surface area contributed by atoms with Gasteiger partial charge in [0.1, 0.15) is 10.6 Å². The van der Waals surface area contributed by atoms with E-state index in [-0.39, 0.29) is 6.54 Å². The number of alkyl halides is 3. The van der Waals surface area contributed by atoms with Crippen LogP contribution in [0.1, 0.15) is 13.3 Å². The minimum atomic E-state index is -4.95. The average molecular weight is 309 g/mol. The van der Waals surface area contributed by atoms with Gasteiger partial charge in [0.2, 0.25) is 10.0 Å². The van der Waals surface area contributed by atoms with Crippen LogP contribution in [0.4, 0.5) is 13.2 Å². The molecule has 0 fully saturated rings. The predicted molar refractivity (Wildman–Crippen MR) is 67.7 cm³/mol. The van der Waals surface area contributed by atoms with Crippen molar-refractivity contribution in [1.29, 1.82) is 0 Å². The lowest BCUT2D eigenvalue weighted by Crippen LogP contribution is -2.26. The minimum absolute atomic E-state index is 0.0903. The number of para-hydroxylation sites is 1. The summed E-state index contributed by atoms with van der Waals surface area (Å²) < 4.78 is 66.4. The van der Waals surface area contributed by atoms with Crippen LogP contribution in [0.15, 0.2) is 41.3 Å². The maximum atomic E-state index is 12.2. The van der Waals surface area contributed by atoms with E-state index < -0.39 is 27.0 Å². The molecule has 0 heterocycles. The van der Waals surface area contributed by atoms with E-state index in [0.717, 1.165) is 12.1 Å². The predicted octanol–water partition coefficient (Wildman–Crippen LogP) is 2.83. The van der Waals surface area contributed by atoms with Gasteiger partial charge in [0, 0.05) is 6.54 Å². The number of halogens is 3. The first-order valence-corrected chi connectivity index (χ1v) is 7.20. The van der Waals surface area contributed by atoms with E-state index in [0.29, 0.717) is 6.42 Å². The normalized spacial score (nSPS) is 12.8. The summed E-state index contributed by atoms with van der Waals surface area (Å²) in [6.07, 6.45) is -1.02. The number of rotatable bonds is 6. The Kier molecular flexibility index (Phi) is 5.58. The minimum Gasteiger partial charge on any atom is -0.404 e. The molecule has 1 N–H and O–H groups in total. The second-order valence-electron chi connectivity index (χ2n) is 3.75. The molecule has 1 aromatic rings. The number of hydrogen-bond donors (Lipinski definition) is 1. The highest BCUT2D eigenvalue weighted by atomic mass is 32.2. The fourth-order valence-corrected chi connectivity index (χ4v) is 2.58. The highest BCUT2D eigenvalue weighted by Gasteiger charge is 2.33. The molecule has 0 aromatic heterocycles. The molecular formula is C12H14F3NO3S. The van der Waals surface area contributed by atoms with Crippen LogP contribution in [0.3, 0.4) is 0 Å². The molecular weight excluding hydrogens is 295 g/mol. The molecule has 8 heteroatoms. The van der Waals surface area contributed by atoms with Gasteiger partial charge in [-0.15, -0.1) is 13.2 Å². The molecule has 0 amide bonds. The standard InChI is InChI=1S/C12H14F3NO3S/c1-2-3-6-9-16-20(17,18)11-8-5-4-7-10(11)19-12(13,14)15/h2-5,7-8,16H,6,9H2,1H3/b3-2+. The largest absolute Gasteiger partial charge is 0.573 e. The maximum Gasteiger partial charge on any atom is 0.573 e. The molecule has 1 rings (SSSR count). The van der Waals surface area contributed by atoms with E-state index in [1.165, 1.54) is 12.1 Å².